The number of rotatable bonds is 4. The molecule has 72 heavy (non-hydrogen) atoms. The van der Waals surface area contributed by atoms with Crippen LogP contribution in [0.2, 0.25) is 0 Å². The minimum atomic E-state index is -2.69. The molecule has 3 fully saturated rings. The number of pyridine rings is 2. The van der Waals surface area contributed by atoms with Gasteiger partial charge in [-0.2, -0.15) is 0 Å². The summed E-state index contributed by atoms with van der Waals surface area (Å²) in [5, 5.41) is 1.65. The maximum absolute atomic E-state index is 13.4. The van der Waals surface area contributed by atoms with Gasteiger partial charge in [0.2, 0.25) is 0 Å². The predicted molar refractivity (Wildman–Crippen MR) is 271 cm³/mol. The van der Waals surface area contributed by atoms with Crippen LogP contribution in [-0.2, 0) is 22.4 Å². The summed E-state index contributed by atoms with van der Waals surface area (Å²) >= 11 is 3.41. The van der Waals surface area contributed by atoms with Crippen LogP contribution < -0.4 is 5.46 Å². The second-order valence-electron chi connectivity index (χ2n) is 20.1. The van der Waals surface area contributed by atoms with E-state index in [0.717, 1.165) is 65.1 Å². The number of carbonyl (C=O) groups is 4. The molecule has 374 valence electrons. The third-order valence-corrected chi connectivity index (χ3v) is 15.1. The molecule has 5 aliphatic heterocycles. The highest BCUT2D eigenvalue weighted by molar-refractivity contribution is 9.10. The number of hydrogen-bond donors (Lipinski definition) is 0. The van der Waals surface area contributed by atoms with Gasteiger partial charge in [0.25, 0.3) is 35.5 Å². The topological polar surface area (TPSA) is 125 Å². The highest BCUT2D eigenvalue weighted by atomic mass is 79.9. The van der Waals surface area contributed by atoms with Gasteiger partial charge in [0, 0.05) is 123 Å². The van der Waals surface area contributed by atoms with Crippen molar-refractivity contribution >= 4 is 73.9 Å². The Morgan fingerprint density at radius 1 is 0.597 bits per heavy atom. The smallest absolute Gasteiger partial charge is 0.399 e. The van der Waals surface area contributed by atoms with Gasteiger partial charge in [-0.1, -0.05) is 48.5 Å². The fraction of sp³-hybridized carbons (Fsp3) is 0.370. The fourth-order valence-corrected chi connectivity index (χ4v) is 9.92. The van der Waals surface area contributed by atoms with E-state index in [-0.39, 0.29) is 93.8 Å². The summed E-state index contributed by atoms with van der Waals surface area (Å²) < 4.78 is 66.0. The number of para-hydroxylation sites is 2. The molecule has 4 aromatic carbocycles. The summed E-state index contributed by atoms with van der Waals surface area (Å²) in [7, 11) is 3.23. The van der Waals surface area contributed by atoms with Gasteiger partial charge >= 0.3 is 7.12 Å². The first-order valence-corrected chi connectivity index (χ1v) is 24.7. The van der Waals surface area contributed by atoms with E-state index in [2.05, 4.69) is 25.9 Å². The van der Waals surface area contributed by atoms with Crippen molar-refractivity contribution < 1.29 is 46.0 Å². The molecule has 12 nitrogen and oxygen atoms in total. The molecule has 0 aliphatic carbocycles. The molecule has 0 radical (unpaired) electrons. The molecule has 0 atom stereocenters. The minimum absolute atomic E-state index is 0.0243. The van der Waals surface area contributed by atoms with Crippen molar-refractivity contribution in [2.45, 2.75) is 89.5 Å². The van der Waals surface area contributed by atoms with E-state index in [1.807, 2.05) is 108 Å². The summed E-state index contributed by atoms with van der Waals surface area (Å²) in [5.41, 5.74) is 8.06. The second kappa shape index (κ2) is 19.3. The van der Waals surface area contributed by atoms with Gasteiger partial charge < -0.3 is 28.9 Å². The number of fused-ring (bicyclic) bond motifs is 4. The lowest BCUT2D eigenvalue weighted by atomic mass is 9.78. The standard InChI is InChI=1S/C24H21F2N3O2.C15H20BNO3.C15H13BrF2N2O/c1-28-14-18-11-15(5-6-20(18)23(28)31)19-4-2-3-16-12-17(13-27-21(16)19)22(30)29-9-7-24(25,26)8-10-29;1-14(2)15(3,4)20-16(19-14)11-6-7-12-10(8-11)9-17(5)13(12)18;16-12-3-1-2-10-8-11(9-19-13(10)12)14(21)20-6-4-15(17,18)5-7-20/h2-6,11-13H,7-10,14H2,1H3;6-8H,9H2,1-5H3;1-3,8-9H,4-7H2. The maximum Gasteiger partial charge on any atom is 0.494 e. The summed E-state index contributed by atoms with van der Waals surface area (Å²) in [6.45, 7) is 9.66. The highest BCUT2D eigenvalue weighted by Gasteiger charge is 2.52. The number of carbonyl (C=O) groups excluding carboxylic acids is 4. The number of likely N-dealkylation sites (tertiary alicyclic amines) is 2. The normalized spacial score (nSPS) is 19.4. The molecule has 4 amide bonds. The quantitative estimate of drug-likeness (QED) is 0.126. The van der Waals surface area contributed by atoms with Crippen LogP contribution in [0.4, 0.5) is 17.6 Å². The number of nitrogens with zero attached hydrogens (tertiary/aromatic N) is 6. The minimum Gasteiger partial charge on any atom is -0.399 e. The average Bonchev–Trinajstić information content (AvgIpc) is 3.89. The van der Waals surface area contributed by atoms with Gasteiger partial charge in [0.15, 0.2) is 0 Å². The zero-order chi connectivity index (χ0) is 51.5. The monoisotopic (exact) mass is 1050 g/mol. The van der Waals surface area contributed by atoms with Gasteiger partial charge in [-0.3, -0.25) is 29.1 Å². The molecular formula is C54H54BBrF4N6O6. The van der Waals surface area contributed by atoms with E-state index in [1.54, 1.807) is 29.0 Å². The zero-order valence-electron chi connectivity index (χ0n) is 40.9. The van der Waals surface area contributed by atoms with Crippen LogP contribution in [0, 0.1) is 0 Å². The number of hydrogen-bond acceptors (Lipinski definition) is 8. The number of benzene rings is 4. The molecule has 5 aliphatic rings. The molecule has 0 spiro atoms. The Kier molecular flexibility index (Phi) is 13.6. The van der Waals surface area contributed by atoms with Crippen molar-refractivity contribution in [1.82, 2.24) is 29.6 Å². The van der Waals surface area contributed by atoms with Crippen LogP contribution in [0.3, 0.4) is 0 Å². The number of piperidine rings is 2. The lowest BCUT2D eigenvalue weighted by Crippen LogP contribution is -2.42. The van der Waals surface area contributed by atoms with Crippen molar-refractivity contribution in [1.29, 1.82) is 0 Å². The second-order valence-corrected chi connectivity index (χ2v) is 21.0. The largest absolute Gasteiger partial charge is 0.494 e. The van der Waals surface area contributed by atoms with E-state index in [9.17, 15) is 36.7 Å². The van der Waals surface area contributed by atoms with E-state index >= 15 is 0 Å². The summed E-state index contributed by atoms with van der Waals surface area (Å²) in [5.74, 6) is -5.74. The molecule has 7 heterocycles. The van der Waals surface area contributed by atoms with Crippen molar-refractivity contribution in [2.75, 3.05) is 40.3 Å². The Labute approximate surface area is 423 Å². The predicted octanol–water partition coefficient (Wildman–Crippen LogP) is 9.80. The Balaban J connectivity index is 0.000000138. The molecule has 0 N–H and O–H groups in total. The first-order chi connectivity index (χ1) is 34.0. The molecule has 6 aromatic rings. The van der Waals surface area contributed by atoms with Crippen molar-refractivity contribution in [3.05, 3.63) is 135 Å². The molecule has 2 aromatic heterocycles. The molecule has 18 heteroatoms. The third kappa shape index (κ3) is 10.2. The van der Waals surface area contributed by atoms with Crippen molar-refractivity contribution in [3.63, 3.8) is 0 Å². The van der Waals surface area contributed by atoms with Crippen LogP contribution in [-0.4, -0.2) is 124 Å². The zero-order valence-corrected chi connectivity index (χ0v) is 42.5. The van der Waals surface area contributed by atoms with Crippen LogP contribution in [0.15, 0.2) is 102 Å². The van der Waals surface area contributed by atoms with Crippen LogP contribution in [0.25, 0.3) is 32.9 Å². The SMILES string of the molecule is CN1Cc2cc(-c3cccc4cc(C(=O)N5CCC(F)(F)CC5)cnc34)ccc2C1=O.CN1Cc2cc(B3OC(C)(C)C(C)(C)O3)ccc2C1=O.O=C(c1cnc2c(Br)cccc2c1)N1CCC(F)(F)CC1. The van der Waals surface area contributed by atoms with Crippen molar-refractivity contribution in [2.24, 2.45) is 0 Å². The lowest BCUT2D eigenvalue weighted by Gasteiger charge is -2.32. The molecule has 0 unspecified atom stereocenters. The van der Waals surface area contributed by atoms with Crippen LogP contribution in [0.1, 0.15) is 106 Å². The van der Waals surface area contributed by atoms with E-state index < -0.39 is 11.8 Å². The van der Waals surface area contributed by atoms with E-state index in [1.165, 1.54) is 22.2 Å². The van der Waals surface area contributed by atoms with Crippen molar-refractivity contribution in [3.8, 4) is 11.1 Å². The van der Waals surface area contributed by atoms with Gasteiger partial charge in [0.05, 0.1) is 33.4 Å². The number of amides is 4. The molecule has 3 saturated heterocycles. The molecular weight excluding hydrogens is 995 g/mol. The van der Waals surface area contributed by atoms with Gasteiger partial charge in [-0.25, -0.2) is 17.6 Å². The molecule has 0 bridgehead atoms. The number of alkyl halides is 4. The molecule has 11 rings (SSSR count). The summed E-state index contributed by atoms with van der Waals surface area (Å²) in [4.78, 5) is 64.4. The third-order valence-electron chi connectivity index (χ3n) is 14.5. The number of aromatic nitrogens is 2. The van der Waals surface area contributed by atoms with E-state index in [0.29, 0.717) is 24.2 Å². The first kappa shape index (κ1) is 50.7. The van der Waals surface area contributed by atoms with Crippen LogP contribution >= 0.6 is 15.9 Å². The summed E-state index contributed by atoms with van der Waals surface area (Å²) in [6, 6.07) is 26.5. The number of halogens is 5. The van der Waals surface area contributed by atoms with E-state index in [4.69, 9.17) is 9.31 Å². The highest BCUT2D eigenvalue weighted by Crippen LogP contribution is 2.38. The van der Waals surface area contributed by atoms with Crippen LogP contribution in [0.5, 0.6) is 0 Å². The first-order valence-electron chi connectivity index (χ1n) is 23.9. The average molecular weight is 1050 g/mol. The summed E-state index contributed by atoms with van der Waals surface area (Å²) in [6.07, 6.45) is 1.87. The maximum atomic E-state index is 13.4. The Morgan fingerprint density at radius 2 is 1.06 bits per heavy atom. The Hall–Kier alpha value is -6.24. The Bertz CT molecular complexity index is 3120. The van der Waals surface area contributed by atoms with Gasteiger partial charge in [0.1, 0.15) is 0 Å². The fourth-order valence-electron chi connectivity index (χ4n) is 9.44. The van der Waals surface area contributed by atoms with Gasteiger partial charge in [-0.05, 0) is 102 Å². The Morgan fingerprint density at radius 3 is 1.58 bits per heavy atom. The molecule has 0 saturated carbocycles. The van der Waals surface area contributed by atoms with Gasteiger partial charge in [-0.15, -0.1) is 0 Å². The lowest BCUT2D eigenvalue weighted by molar-refractivity contribution is -0.0503.